The summed E-state index contributed by atoms with van der Waals surface area (Å²) in [5, 5.41) is 3.43. The fourth-order valence-electron chi connectivity index (χ4n) is 2.42. The van der Waals surface area contributed by atoms with Crippen LogP contribution in [-0.4, -0.2) is 13.1 Å². The molecule has 15 heavy (non-hydrogen) atoms. The first-order valence-corrected chi connectivity index (χ1v) is 6.75. The molecule has 0 amide bonds. The molecule has 1 saturated heterocycles. The van der Waals surface area contributed by atoms with Crippen LogP contribution in [0.15, 0.2) is 11.6 Å². The molecule has 0 radical (unpaired) electrons. The van der Waals surface area contributed by atoms with Crippen LogP contribution >= 0.6 is 0 Å². The third kappa shape index (κ3) is 5.36. The second-order valence-corrected chi connectivity index (χ2v) is 4.79. The molecule has 88 valence electrons. The predicted octanol–water partition coefficient (Wildman–Crippen LogP) is 3.90. The summed E-state index contributed by atoms with van der Waals surface area (Å²) < 4.78 is 0. The van der Waals surface area contributed by atoms with Gasteiger partial charge in [0.2, 0.25) is 0 Å². The summed E-state index contributed by atoms with van der Waals surface area (Å²) in [6.07, 6.45) is 11.9. The lowest BCUT2D eigenvalue weighted by Gasteiger charge is -2.21. The van der Waals surface area contributed by atoms with Gasteiger partial charge in [-0.25, -0.2) is 0 Å². The average Bonchev–Trinajstić information content (AvgIpc) is 2.28. The molecule has 1 heterocycles. The van der Waals surface area contributed by atoms with Gasteiger partial charge >= 0.3 is 0 Å². The van der Waals surface area contributed by atoms with Gasteiger partial charge in [0.05, 0.1) is 0 Å². The summed E-state index contributed by atoms with van der Waals surface area (Å²) in [6, 6.07) is 0. The monoisotopic (exact) mass is 209 g/mol. The molecule has 1 rings (SSSR count). The van der Waals surface area contributed by atoms with Gasteiger partial charge in [-0.1, -0.05) is 38.3 Å². The van der Waals surface area contributed by atoms with E-state index in [1.54, 1.807) is 5.57 Å². The molecule has 1 heteroatoms. The summed E-state index contributed by atoms with van der Waals surface area (Å²) in [5.41, 5.74) is 1.71. The third-order valence-corrected chi connectivity index (χ3v) is 3.34. The van der Waals surface area contributed by atoms with Gasteiger partial charge in [0.1, 0.15) is 0 Å². The summed E-state index contributed by atoms with van der Waals surface area (Å²) in [5.74, 6) is 0.954. The Balaban J connectivity index is 2.30. The first kappa shape index (κ1) is 12.8. The van der Waals surface area contributed by atoms with E-state index in [-0.39, 0.29) is 0 Å². The molecule has 1 aliphatic heterocycles. The van der Waals surface area contributed by atoms with Gasteiger partial charge in [0.25, 0.3) is 0 Å². The maximum absolute atomic E-state index is 3.43. The van der Waals surface area contributed by atoms with Crippen molar-refractivity contribution < 1.29 is 0 Å². The van der Waals surface area contributed by atoms with Gasteiger partial charge in [-0.2, -0.15) is 0 Å². The van der Waals surface area contributed by atoms with Crippen LogP contribution < -0.4 is 5.32 Å². The summed E-state index contributed by atoms with van der Waals surface area (Å²) >= 11 is 0. The molecule has 1 fully saturated rings. The molecule has 0 saturated carbocycles. The highest BCUT2D eigenvalue weighted by Gasteiger charge is 2.11. The summed E-state index contributed by atoms with van der Waals surface area (Å²) in [7, 11) is 0. The molecule has 0 aromatic rings. The van der Waals surface area contributed by atoms with Gasteiger partial charge in [-0.15, -0.1) is 0 Å². The van der Waals surface area contributed by atoms with Gasteiger partial charge in [0, 0.05) is 0 Å². The summed E-state index contributed by atoms with van der Waals surface area (Å²) in [4.78, 5) is 0. The van der Waals surface area contributed by atoms with E-state index < -0.39 is 0 Å². The zero-order chi connectivity index (χ0) is 10.9. The second kappa shape index (κ2) is 7.92. The Hall–Kier alpha value is -0.300. The quantitative estimate of drug-likeness (QED) is 0.654. The topological polar surface area (TPSA) is 12.0 Å². The van der Waals surface area contributed by atoms with Crippen molar-refractivity contribution in [2.45, 2.75) is 58.8 Å². The van der Waals surface area contributed by atoms with Crippen molar-refractivity contribution >= 4 is 0 Å². The summed E-state index contributed by atoms with van der Waals surface area (Å²) in [6.45, 7) is 7.03. The third-order valence-electron chi connectivity index (χ3n) is 3.34. The van der Waals surface area contributed by atoms with Crippen LogP contribution in [0.5, 0.6) is 0 Å². The Labute approximate surface area is 95.3 Å². The highest BCUT2D eigenvalue weighted by molar-refractivity contribution is 5.02. The van der Waals surface area contributed by atoms with Crippen LogP contribution in [-0.2, 0) is 0 Å². The lowest BCUT2D eigenvalue weighted by molar-refractivity contribution is 0.376. The van der Waals surface area contributed by atoms with E-state index in [2.05, 4.69) is 25.2 Å². The van der Waals surface area contributed by atoms with Crippen molar-refractivity contribution in [2.75, 3.05) is 13.1 Å². The number of nitrogens with one attached hydrogen (secondary N) is 1. The molecular formula is C14H27N. The minimum Gasteiger partial charge on any atom is -0.317 e. The van der Waals surface area contributed by atoms with Gasteiger partial charge in [0.15, 0.2) is 0 Å². The van der Waals surface area contributed by atoms with Crippen molar-refractivity contribution in [3.8, 4) is 0 Å². The van der Waals surface area contributed by atoms with Crippen molar-refractivity contribution in [3.63, 3.8) is 0 Å². The van der Waals surface area contributed by atoms with E-state index in [0.29, 0.717) is 0 Å². The van der Waals surface area contributed by atoms with Crippen molar-refractivity contribution in [1.82, 2.24) is 5.32 Å². The Morgan fingerprint density at radius 2 is 1.73 bits per heavy atom. The van der Waals surface area contributed by atoms with Gasteiger partial charge in [-0.3, -0.25) is 0 Å². The van der Waals surface area contributed by atoms with Crippen LogP contribution in [0.3, 0.4) is 0 Å². The fourth-order valence-corrected chi connectivity index (χ4v) is 2.42. The minimum absolute atomic E-state index is 0.954. The number of rotatable bonds is 6. The van der Waals surface area contributed by atoms with Crippen LogP contribution in [0.4, 0.5) is 0 Å². The number of piperidine rings is 1. The molecule has 0 atom stereocenters. The maximum atomic E-state index is 3.43. The van der Waals surface area contributed by atoms with E-state index in [0.717, 1.165) is 5.92 Å². The smallest absolute Gasteiger partial charge is 0.00462 e. The Morgan fingerprint density at radius 1 is 1.13 bits per heavy atom. The van der Waals surface area contributed by atoms with Crippen LogP contribution in [0.1, 0.15) is 58.8 Å². The highest BCUT2D eigenvalue weighted by atomic mass is 14.9. The van der Waals surface area contributed by atoms with E-state index in [1.165, 1.54) is 58.0 Å². The fraction of sp³-hybridized carbons (Fsp3) is 0.857. The molecule has 0 bridgehead atoms. The molecule has 1 N–H and O–H groups in total. The van der Waals surface area contributed by atoms with Crippen LogP contribution in [0.2, 0.25) is 0 Å². The van der Waals surface area contributed by atoms with E-state index >= 15 is 0 Å². The molecule has 1 aliphatic rings. The molecule has 1 nitrogen and oxygen atoms in total. The number of allylic oxidation sites excluding steroid dienone is 2. The molecule has 0 unspecified atom stereocenters. The average molecular weight is 209 g/mol. The first-order valence-electron chi connectivity index (χ1n) is 6.75. The zero-order valence-electron chi connectivity index (χ0n) is 10.5. The first-order chi connectivity index (χ1) is 7.36. The molecule has 0 aromatic heterocycles. The maximum Gasteiger partial charge on any atom is -0.00462 e. The number of hydrogen-bond acceptors (Lipinski definition) is 1. The van der Waals surface area contributed by atoms with E-state index in [1.807, 2.05) is 0 Å². The largest absolute Gasteiger partial charge is 0.317 e. The Bertz CT molecular complexity index is 170. The minimum atomic E-state index is 0.954. The lowest BCUT2D eigenvalue weighted by Crippen LogP contribution is -2.27. The Morgan fingerprint density at radius 3 is 2.27 bits per heavy atom. The molecule has 0 aromatic carbocycles. The normalized spacial score (nSPS) is 17.7. The zero-order valence-corrected chi connectivity index (χ0v) is 10.5. The van der Waals surface area contributed by atoms with Crippen molar-refractivity contribution in [2.24, 2.45) is 5.92 Å². The second-order valence-electron chi connectivity index (χ2n) is 4.79. The van der Waals surface area contributed by atoms with Crippen LogP contribution in [0, 0.1) is 5.92 Å². The van der Waals surface area contributed by atoms with E-state index in [9.17, 15) is 0 Å². The molecule has 0 aliphatic carbocycles. The van der Waals surface area contributed by atoms with Crippen molar-refractivity contribution in [3.05, 3.63) is 11.6 Å². The molecule has 0 spiro atoms. The van der Waals surface area contributed by atoms with E-state index in [4.69, 9.17) is 0 Å². The van der Waals surface area contributed by atoms with Gasteiger partial charge < -0.3 is 5.32 Å². The van der Waals surface area contributed by atoms with Crippen molar-refractivity contribution in [1.29, 1.82) is 0 Å². The SMILES string of the molecule is CCCC(=CCC1CCNCC1)CCC. The highest BCUT2D eigenvalue weighted by Crippen LogP contribution is 2.20. The standard InChI is InChI=1S/C14H27N/c1-3-5-13(6-4-2)7-8-14-9-11-15-12-10-14/h7,14-15H,3-6,8-12H2,1-2H3. The predicted molar refractivity (Wildman–Crippen MR) is 68.1 cm³/mol. The van der Waals surface area contributed by atoms with Crippen LogP contribution in [0.25, 0.3) is 0 Å². The lowest BCUT2D eigenvalue weighted by atomic mass is 9.92. The Kier molecular flexibility index (Phi) is 6.74. The number of hydrogen-bond donors (Lipinski definition) is 1. The molecular weight excluding hydrogens is 182 g/mol. The van der Waals surface area contributed by atoms with Gasteiger partial charge in [-0.05, 0) is 51.1 Å².